The number of hydrogen-bond donors (Lipinski definition) is 0. The number of morpholine rings is 1. The van der Waals surface area contributed by atoms with Gasteiger partial charge in [-0.2, -0.15) is 0 Å². The molecule has 2 atom stereocenters. The molecule has 2 saturated heterocycles. The van der Waals surface area contributed by atoms with Gasteiger partial charge in [-0.05, 0) is 25.0 Å². The third-order valence-corrected chi connectivity index (χ3v) is 6.08. The van der Waals surface area contributed by atoms with Gasteiger partial charge in [-0.15, -0.1) is 0 Å². The van der Waals surface area contributed by atoms with Gasteiger partial charge in [0.2, 0.25) is 5.91 Å². The number of rotatable bonds is 3. The fourth-order valence-electron chi connectivity index (χ4n) is 4.46. The molecule has 7 heteroatoms. The Morgan fingerprint density at radius 3 is 2.79 bits per heavy atom. The molecule has 0 saturated carbocycles. The van der Waals surface area contributed by atoms with Crippen LogP contribution in [0.2, 0.25) is 0 Å². The van der Waals surface area contributed by atoms with Crippen molar-refractivity contribution in [1.82, 2.24) is 14.8 Å². The van der Waals surface area contributed by atoms with Crippen molar-refractivity contribution in [1.29, 1.82) is 0 Å². The molecule has 2 amide bonds. The first-order valence-electron chi connectivity index (χ1n) is 9.71. The second kappa shape index (κ2) is 7.48. The highest BCUT2D eigenvalue weighted by atomic mass is 16.5. The largest absolute Gasteiger partial charge is 0.494 e. The molecule has 2 aliphatic heterocycles. The number of aryl methyl sites for hydroxylation is 1. The first-order valence-corrected chi connectivity index (χ1v) is 9.71. The van der Waals surface area contributed by atoms with Crippen molar-refractivity contribution >= 4 is 11.8 Å². The van der Waals surface area contributed by atoms with Crippen molar-refractivity contribution in [2.75, 3.05) is 33.9 Å². The standard InChI is InChI=1S/C22H25N3O4/c1-15-11-17(18(28-3)12-23-15)21(27)25-10-9-22(16-7-5-4-6-8-16)19(13-25)29-14-20(26)24(22)2/h4-8,11-12,19H,9-10,13-14H2,1-3H3/t19-,22+/m1/s1. The minimum atomic E-state index is -0.578. The van der Waals surface area contributed by atoms with Crippen LogP contribution in [0.1, 0.15) is 28.0 Å². The number of benzene rings is 1. The van der Waals surface area contributed by atoms with E-state index in [1.165, 1.54) is 7.11 Å². The highest BCUT2D eigenvalue weighted by molar-refractivity contribution is 5.97. The van der Waals surface area contributed by atoms with Gasteiger partial charge in [0.1, 0.15) is 18.5 Å². The summed E-state index contributed by atoms with van der Waals surface area (Å²) >= 11 is 0. The fourth-order valence-corrected chi connectivity index (χ4v) is 4.46. The predicted octanol–water partition coefficient (Wildman–Crippen LogP) is 2.00. The molecule has 0 unspecified atom stereocenters. The maximum atomic E-state index is 13.3. The predicted molar refractivity (Wildman–Crippen MR) is 107 cm³/mol. The van der Waals surface area contributed by atoms with Gasteiger partial charge < -0.3 is 19.3 Å². The smallest absolute Gasteiger partial charge is 0.257 e. The molecule has 29 heavy (non-hydrogen) atoms. The SMILES string of the molecule is COc1cnc(C)cc1C(=O)N1CC[C@]2(c3ccccc3)[C@@H](C1)OCC(=O)N2C. The number of hydrogen-bond acceptors (Lipinski definition) is 5. The second-order valence-corrected chi connectivity index (χ2v) is 7.57. The normalized spacial score (nSPS) is 24.2. The monoisotopic (exact) mass is 395 g/mol. The van der Waals surface area contributed by atoms with Crippen LogP contribution in [0, 0.1) is 6.92 Å². The van der Waals surface area contributed by atoms with Gasteiger partial charge in [-0.3, -0.25) is 14.6 Å². The van der Waals surface area contributed by atoms with Crippen molar-refractivity contribution in [3.8, 4) is 5.75 Å². The Hall–Kier alpha value is -2.93. The fraction of sp³-hybridized carbons (Fsp3) is 0.409. The number of likely N-dealkylation sites (tertiary alicyclic amines) is 1. The molecule has 7 nitrogen and oxygen atoms in total. The molecule has 152 valence electrons. The van der Waals surface area contributed by atoms with Crippen LogP contribution in [-0.4, -0.2) is 66.6 Å². The Morgan fingerprint density at radius 2 is 2.07 bits per heavy atom. The van der Waals surface area contributed by atoms with E-state index in [0.29, 0.717) is 30.8 Å². The van der Waals surface area contributed by atoms with Crippen LogP contribution in [0.3, 0.4) is 0 Å². The molecule has 4 rings (SSSR count). The van der Waals surface area contributed by atoms with E-state index >= 15 is 0 Å². The van der Waals surface area contributed by atoms with Crippen LogP contribution in [0.4, 0.5) is 0 Å². The van der Waals surface area contributed by atoms with Gasteiger partial charge in [0.15, 0.2) is 0 Å². The van der Waals surface area contributed by atoms with Crippen molar-refractivity contribution in [3.05, 3.63) is 59.4 Å². The number of likely N-dealkylation sites (N-methyl/N-ethyl adjacent to an activating group) is 1. The van der Waals surface area contributed by atoms with E-state index in [2.05, 4.69) is 4.98 Å². The van der Waals surface area contributed by atoms with Crippen LogP contribution in [0.25, 0.3) is 0 Å². The summed E-state index contributed by atoms with van der Waals surface area (Å²) in [6.45, 7) is 2.78. The average molecular weight is 395 g/mol. The number of methoxy groups -OCH3 is 1. The number of piperidine rings is 1. The maximum Gasteiger partial charge on any atom is 0.257 e. The van der Waals surface area contributed by atoms with E-state index in [0.717, 1.165) is 11.3 Å². The van der Waals surface area contributed by atoms with Gasteiger partial charge in [-0.1, -0.05) is 30.3 Å². The van der Waals surface area contributed by atoms with Crippen LogP contribution in [0.15, 0.2) is 42.6 Å². The van der Waals surface area contributed by atoms with Gasteiger partial charge in [0, 0.05) is 25.8 Å². The Balaban J connectivity index is 1.67. The Kier molecular flexibility index (Phi) is 5.00. The summed E-state index contributed by atoms with van der Waals surface area (Å²) in [6, 6.07) is 11.7. The summed E-state index contributed by atoms with van der Waals surface area (Å²) in [5, 5.41) is 0. The van der Waals surface area contributed by atoms with Gasteiger partial charge in [0.25, 0.3) is 5.91 Å². The first-order chi connectivity index (χ1) is 14.0. The van der Waals surface area contributed by atoms with E-state index in [-0.39, 0.29) is 24.5 Å². The summed E-state index contributed by atoms with van der Waals surface area (Å²) in [5.41, 5.74) is 1.70. The quantitative estimate of drug-likeness (QED) is 0.795. The van der Waals surface area contributed by atoms with Crippen LogP contribution in [0.5, 0.6) is 5.75 Å². The zero-order valence-corrected chi connectivity index (χ0v) is 16.9. The highest BCUT2D eigenvalue weighted by Gasteiger charge is 2.53. The lowest BCUT2D eigenvalue weighted by Gasteiger charge is -2.54. The van der Waals surface area contributed by atoms with Crippen molar-refractivity contribution < 1.29 is 19.1 Å². The number of aromatic nitrogens is 1. The molecule has 1 aromatic carbocycles. The Bertz CT molecular complexity index is 933. The van der Waals surface area contributed by atoms with Gasteiger partial charge >= 0.3 is 0 Å². The molecule has 0 spiro atoms. The van der Waals surface area contributed by atoms with Crippen molar-refractivity contribution in [3.63, 3.8) is 0 Å². The Morgan fingerprint density at radius 1 is 1.31 bits per heavy atom. The molecule has 0 bridgehead atoms. The zero-order valence-electron chi connectivity index (χ0n) is 16.9. The zero-order chi connectivity index (χ0) is 20.6. The molecule has 1 aromatic heterocycles. The summed E-state index contributed by atoms with van der Waals surface area (Å²) in [5.74, 6) is 0.297. The number of nitrogens with zero attached hydrogens (tertiary/aromatic N) is 3. The topological polar surface area (TPSA) is 72.0 Å². The van der Waals surface area contributed by atoms with Gasteiger partial charge in [-0.25, -0.2) is 0 Å². The summed E-state index contributed by atoms with van der Waals surface area (Å²) in [7, 11) is 3.36. The minimum absolute atomic E-state index is 0.0233. The summed E-state index contributed by atoms with van der Waals surface area (Å²) in [6.07, 6.45) is 1.87. The lowest BCUT2D eigenvalue weighted by Crippen LogP contribution is -2.67. The summed E-state index contributed by atoms with van der Waals surface area (Å²) in [4.78, 5) is 33.6. The van der Waals surface area contributed by atoms with Crippen LogP contribution < -0.4 is 4.74 Å². The highest BCUT2D eigenvalue weighted by Crippen LogP contribution is 2.42. The van der Waals surface area contributed by atoms with Crippen LogP contribution in [-0.2, 0) is 15.1 Å². The van der Waals surface area contributed by atoms with Crippen LogP contribution >= 0.6 is 0 Å². The second-order valence-electron chi connectivity index (χ2n) is 7.57. The molecule has 2 fully saturated rings. The molecule has 2 aromatic rings. The van der Waals surface area contributed by atoms with E-state index in [1.807, 2.05) is 44.3 Å². The molecule has 0 radical (unpaired) electrons. The van der Waals surface area contributed by atoms with E-state index < -0.39 is 5.54 Å². The number of amides is 2. The molecular weight excluding hydrogens is 370 g/mol. The third-order valence-electron chi connectivity index (χ3n) is 6.08. The number of ether oxygens (including phenoxy) is 2. The van der Waals surface area contributed by atoms with E-state index in [9.17, 15) is 9.59 Å². The van der Waals surface area contributed by atoms with E-state index in [1.54, 1.807) is 22.1 Å². The maximum absolute atomic E-state index is 13.3. The number of pyridine rings is 1. The van der Waals surface area contributed by atoms with Gasteiger partial charge in [0.05, 0.1) is 24.4 Å². The molecular formula is C22H25N3O4. The average Bonchev–Trinajstić information content (AvgIpc) is 2.76. The third kappa shape index (κ3) is 3.15. The number of carbonyl (C=O) groups is 2. The van der Waals surface area contributed by atoms with Crippen molar-refractivity contribution in [2.24, 2.45) is 0 Å². The molecule has 0 N–H and O–H groups in total. The molecule has 2 aliphatic rings. The number of fused-ring (bicyclic) bond motifs is 1. The van der Waals surface area contributed by atoms with E-state index in [4.69, 9.17) is 9.47 Å². The first kappa shape index (κ1) is 19.4. The lowest BCUT2D eigenvalue weighted by atomic mass is 9.76. The minimum Gasteiger partial charge on any atom is -0.494 e. The Labute approximate surface area is 170 Å². The summed E-state index contributed by atoms with van der Waals surface area (Å²) < 4.78 is 11.3. The molecule has 0 aliphatic carbocycles. The molecule has 3 heterocycles. The van der Waals surface area contributed by atoms with Crippen molar-refractivity contribution in [2.45, 2.75) is 25.0 Å². The lowest BCUT2D eigenvalue weighted by molar-refractivity contribution is -0.180. The number of carbonyl (C=O) groups excluding carboxylic acids is 2.